The van der Waals surface area contributed by atoms with Crippen LogP contribution < -0.4 is 0 Å². The minimum absolute atomic E-state index is 0.0524. The molecule has 0 N–H and O–H groups in total. The molecule has 6 heteroatoms. The summed E-state index contributed by atoms with van der Waals surface area (Å²) in [6.45, 7) is 3.65. The van der Waals surface area contributed by atoms with Crippen LogP contribution in [0.2, 0.25) is 0 Å². The van der Waals surface area contributed by atoms with Crippen molar-refractivity contribution in [1.82, 2.24) is 9.78 Å². The van der Waals surface area contributed by atoms with Crippen LogP contribution in [0, 0.1) is 13.8 Å². The van der Waals surface area contributed by atoms with E-state index in [9.17, 15) is 9.59 Å². The molecule has 0 spiro atoms. The average molecular weight is 288 g/mol. The number of aryl methyl sites for hydroxylation is 1. The lowest BCUT2D eigenvalue weighted by atomic mass is 10.2. The predicted octanol–water partition coefficient (Wildman–Crippen LogP) is 2.06. The second-order valence-corrected chi connectivity index (χ2v) is 4.54. The molecule has 0 radical (unpaired) electrons. The van der Waals surface area contributed by atoms with Gasteiger partial charge >= 0.3 is 11.9 Å². The fraction of sp³-hybridized carbons (Fsp3) is 0.267. The molecule has 0 aliphatic rings. The first-order valence-electron chi connectivity index (χ1n) is 6.33. The van der Waals surface area contributed by atoms with Crippen molar-refractivity contribution in [2.75, 3.05) is 14.2 Å². The Hall–Kier alpha value is -2.63. The van der Waals surface area contributed by atoms with Crippen LogP contribution in [0.25, 0.3) is 5.69 Å². The first-order valence-corrected chi connectivity index (χ1v) is 6.33. The number of carbonyl (C=O) groups is 2. The summed E-state index contributed by atoms with van der Waals surface area (Å²) in [5.74, 6) is -1.29. The van der Waals surface area contributed by atoms with Crippen LogP contribution in [0.4, 0.5) is 0 Å². The van der Waals surface area contributed by atoms with Gasteiger partial charge in [0.1, 0.15) is 5.56 Å². The summed E-state index contributed by atoms with van der Waals surface area (Å²) in [7, 11) is 2.50. The molecule has 0 aliphatic carbocycles. The van der Waals surface area contributed by atoms with E-state index in [1.807, 2.05) is 31.2 Å². The zero-order chi connectivity index (χ0) is 15.6. The highest BCUT2D eigenvalue weighted by Crippen LogP contribution is 2.20. The molecule has 2 rings (SSSR count). The van der Waals surface area contributed by atoms with Crippen LogP contribution in [-0.4, -0.2) is 35.9 Å². The number of hydrogen-bond acceptors (Lipinski definition) is 5. The quantitative estimate of drug-likeness (QED) is 0.808. The van der Waals surface area contributed by atoms with Gasteiger partial charge < -0.3 is 9.47 Å². The summed E-state index contributed by atoms with van der Waals surface area (Å²) >= 11 is 0. The van der Waals surface area contributed by atoms with Crippen LogP contribution in [0.15, 0.2) is 24.3 Å². The molecule has 0 aliphatic heterocycles. The van der Waals surface area contributed by atoms with Gasteiger partial charge in [0.25, 0.3) is 0 Å². The molecule has 2 aromatic rings. The van der Waals surface area contributed by atoms with Gasteiger partial charge in [0, 0.05) is 0 Å². The normalized spacial score (nSPS) is 10.3. The number of aromatic nitrogens is 2. The van der Waals surface area contributed by atoms with Gasteiger partial charge in [-0.25, -0.2) is 14.3 Å². The number of esters is 2. The summed E-state index contributed by atoms with van der Waals surface area (Å²) in [5.41, 5.74) is 2.39. The Balaban J connectivity index is 2.66. The van der Waals surface area contributed by atoms with Gasteiger partial charge in [-0.15, -0.1) is 0 Å². The fourth-order valence-corrected chi connectivity index (χ4v) is 2.10. The number of benzene rings is 1. The van der Waals surface area contributed by atoms with E-state index in [1.54, 1.807) is 6.92 Å². The van der Waals surface area contributed by atoms with E-state index >= 15 is 0 Å². The largest absolute Gasteiger partial charge is 0.465 e. The van der Waals surface area contributed by atoms with Crippen molar-refractivity contribution < 1.29 is 19.1 Å². The molecule has 110 valence electrons. The van der Waals surface area contributed by atoms with Crippen LogP contribution in [0.1, 0.15) is 32.1 Å². The smallest absolute Gasteiger partial charge is 0.359 e. The monoisotopic (exact) mass is 288 g/mol. The van der Waals surface area contributed by atoms with Crippen molar-refractivity contribution in [3.63, 3.8) is 0 Å². The van der Waals surface area contributed by atoms with Crippen molar-refractivity contribution in [3.8, 4) is 5.69 Å². The Labute approximate surface area is 122 Å². The van der Waals surface area contributed by atoms with Crippen LogP contribution in [0.5, 0.6) is 0 Å². The third-order valence-electron chi connectivity index (χ3n) is 3.13. The van der Waals surface area contributed by atoms with E-state index in [-0.39, 0.29) is 11.3 Å². The molecule has 0 saturated heterocycles. The lowest BCUT2D eigenvalue weighted by Crippen LogP contribution is -2.11. The maximum Gasteiger partial charge on any atom is 0.359 e. The summed E-state index contributed by atoms with van der Waals surface area (Å²) in [4.78, 5) is 23.7. The van der Waals surface area contributed by atoms with Gasteiger partial charge in [-0.2, -0.15) is 5.10 Å². The first-order chi connectivity index (χ1) is 9.99. The van der Waals surface area contributed by atoms with Gasteiger partial charge in [-0.05, 0) is 31.5 Å². The maximum absolute atomic E-state index is 11.9. The first kappa shape index (κ1) is 14.8. The molecule has 0 amide bonds. The maximum atomic E-state index is 11.9. The molecular weight excluding hydrogens is 272 g/mol. The second-order valence-electron chi connectivity index (χ2n) is 4.54. The Bertz CT molecular complexity index is 704. The molecule has 0 atom stereocenters. The minimum Gasteiger partial charge on any atom is -0.465 e. The second kappa shape index (κ2) is 5.78. The van der Waals surface area contributed by atoms with Gasteiger partial charge in [0.05, 0.1) is 25.6 Å². The van der Waals surface area contributed by atoms with Crippen molar-refractivity contribution in [2.45, 2.75) is 13.8 Å². The van der Waals surface area contributed by atoms with Crippen molar-refractivity contribution in [2.24, 2.45) is 0 Å². The minimum atomic E-state index is -0.676. The van der Waals surface area contributed by atoms with E-state index in [1.165, 1.54) is 18.9 Å². The van der Waals surface area contributed by atoms with Crippen LogP contribution in [0.3, 0.4) is 0 Å². The summed E-state index contributed by atoms with van der Waals surface area (Å²) in [6.07, 6.45) is 0. The van der Waals surface area contributed by atoms with Crippen LogP contribution >= 0.6 is 0 Å². The molecular formula is C15H16N2O4. The van der Waals surface area contributed by atoms with E-state index in [0.717, 1.165) is 11.3 Å². The van der Waals surface area contributed by atoms with Crippen molar-refractivity contribution in [3.05, 3.63) is 46.8 Å². The van der Waals surface area contributed by atoms with E-state index in [0.29, 0.717) is 5.69 Å². The Morgan fingerprint density at radius 1 is 1.10 bits per heavy atom. The van der Waals surface area contributed by atoms with Gasteiger partial charge in [-0.3, -0.25) is 0 Å². The molecule has 6 nitrogen and oxygen atoms in total. The third kappa shape index (κ3) is 2.65. The predicted molar refractivity (Wildman–Crippen MR) is 75.7 cm³/mol. The van der Waals surface area contributed by atoms with Gasteiger partial charge in [0.15, 0.2) is 5.69 Å². The number of nitrogens with zero attached hydrogens (tertiary/aromatic N) is 2. The Morgan fingerprint density at radius 3 is 2.33 bits per heavy atom. The van der Waals surface area contributed by atoms with Crippen molar-refractivity contribution in [1.29, 1.82) is 0 Å². The Morgan fingerprint density at radius 2 is 1.76 bits per heavy atom. The summed E-state index contributed by atoms with van der Waals surface area (Å²) in [5, 5.41) is 4.20. The molecule has 1 heterocycles. The average Bonchev–Trinajstić information content (AvgIpc) is 2.83. The SMILES string of the molecule is COC(=O)c1nn(-c2cccc(C)c2)c(C)c1C(=O)OC. The van der Waals surface area contributed by atoms with Crippen molar-refractivity contribution >= 4 is 11.9 Å². The molecule has 1 aromatic heterocycles. The Kier molecular flexibility index (Phi) is 4.07. The summed E-state index contributed by atoms with van der Waals surface area (Å²) < 4.78 is 10.9. The number of ether oxygens (including phenoxy) is 2. The molecule has 0 saturated carbocycles. The topological polar surface area (TPSA) is 70.4 Å². The lowest BCUT2D eigenvalue weighted by Gasteiger charge is -2.05. The number of carbonyl (C=O) groups excluding carboxylic acids is 2. The fourth-order valence-electron chi connectivity index (χ4n) is 2.10. The van der Waals surface area contributed by atoms with E-state index in [4.69, 9.17) is 4.74 Å². The standard InChI is InChI=1S/C15H16N2O4/c1-9-6-5-7-11(8-9)17-10(2)12(14(18)20-3)13(16-17)15(19)21-4/h5-8H,1-4H3. The highest BCUT2D eigenvalue weighted by Gasteiger charge is 2.27. The van der Waals surface area contributed by atoms with E-state index in [2.05, 4.69) is 9.84 Å². The van der Waals surface area contributed by atoms with E-state index < -0.39 is 11.9 Å². The molecule has 0 bridgehead atoms. The van der Waals surface area contributed by atoms with Gasteiger partial charge in [0.2, 0.25) is 0 Å². The number of methoxy groups -OCH3 is 2. The third-order valence-corrected chi connectivity index (χ3v) is 3.13. The molecule has 0 unspecified atom stereocenters. The lowest BCUT2D eigenvalue weighted by molar-refractivity contribution is 0.0551. The number of rotatable bonds is 3. The summed E-state index contributed by atoms with van der Waals surface area (Å²) in [6, 6.07) is 7.57. The molecule has 0 fully saturated rings. The zero-order valence-corrected chi connectivity index (χ0v) is 12.3. The van der Waals surface area contributed by atoms with Gasteiger partial charge in [-0.1, -0.05) is 12.1 Å². The van der Waals surface area contributed by atoms with Crippen LogP contribution in [-0.2, 0) is 9.47 Å². The molecule has 1 aromatic carbocycles. The highest BCUT2D eigenvalue weighted by atomic mass is 16.5. The highest BCUT2D eigenvalue weighted by molar-refractivity contribution is 6.02. The number of hydrogen-bond donors (Lipinski definition) is 0. The zero-order valence-electron chi connectivity index (χ0n) is 12.3. The molecule has 21 heavy (non-hydrogen) atoms.